The van der Waals surface area contributed by atoms with Crippen molar-refractivity contribution in [1.29, 1.82) is 0 Å². The third kappa shape index (κ3) is 5.64. The molecule has 0 radical (unpaired) electrons. The second kappa shape index (κ2) is 10.3. The Kier molecular flexibility index (Phi) is 7.40. The molecule has 0 aromatic heterocycles. The smallest absolute Gasteiger partial charge is 0.407 e. The van der Waals surface area contributed by atoms with Crippen LogP contribution in [0.4, 0.5) is 4.79 Å². The number of nitrogens with one attached hydrogen (secondary N) is 2. The van der Waals surface area contributed by atoms with Gasteiger partial charge in [-0.1, -0.05) is 48.5 Å². The summed E-state index contributed by atoms with van der Waals surface area (Å²) < 4.78 is 5.58. The van der Waals surface area contributed by atoms with E-state index in [0.717, 1.165) is 33.8 Å². The second-order valence-electron chi connectivity index (χ2n) is 9.98. The molecule has 3 N–H and O–H groups in total. The largest absolute Gasteiger partial charge is 0.481 e. The fourth-order valence-corrected chi connectivity index (χ4v) is 6.10. The number of alkyl carbamates (subject to hydrolysis) is 1. The Hall–Kier alpha value is -3.00. The Labute approximate surface area is 210 Å². The first-order valence-corrected chi connectivity index (χ1v) is 13.1. The first-order chi connectivity index (χ1) is 16.7. The fourth-order valence-electron chi connectivity index (χ4n) is 4.83. The molecule has 1 saturated heterocycles. The van der Waals surface area contributed by atoms with E-state index in [0.29, 0.717) is 12.8 Å². The van der Waals surface area contributed by atoms with Crippen molar-refractivity contribution in [3.05, 3.63) is 59.7 Å². The third-order valence-electron chi connectivity index (χ3n) is 6.95. The number of carboxylic acid groups (broad SMARTS) is 1. The number of rotatable bonds is 8. The highest BCUT2D eigenvalue weighted by Gasteiger charge is 2.40. The summed E-state index contributed by atoms with van der Waals surface area (Å²) in [7, 11) is 0. The van der Waals surface area contributed by atoms with Gasteiger partial charge in [-0.05, 0) is 60.4 Å². The van der Waals surface area contributed by atoms with Crippen LogP contribution in [0.2, 0.25) is 0 Å². The van der Waals surface area contributed by atoms with Crippen molar-refractivity contribution in [1.82, 2.24) is 10.6 Å². The van der Waals surface area contributed by atoms with Crippen molar-refractivity contribution in [2.24, 2.45) is 5.41 Å². The number of thioether (sulfide) groups is 1. The van der Waals surface area contributed by atoms with Crippen LogP contribution in [0.3, 0.4) is 0 Å². The van der Waals surface area contributed by atoms with Crippen LogP contribution >= 0.6 is 11.8 Å². The Balaban J connectivity index is 1.33. The maximum absolute atomic E-state index is 13.1. The Morgan fingerprint density at radius 2 is 1.60 bits per heavy atom. The lowest BCUT2D eigenvalue weighted by Gasteiger charge is -2.39. The molecule has 0 saturated carbocycles. The Morgan fingerprint density at radius 3 is 2.17 bits per heavy atom. The maximum Gasteiger partial charge on any atom is 0.407 e. The number of amides is 2. The van der Waals surface area contributed by atoms with Crippen LogP contribution in [0.15, 0.2) is 48.5 Å². The van der Waals surface area contributed by atoms with Crippen LogP contribution in [-0.4, -0.2) is 53.3 Å². The molecule has 35 heavy (non-hydrogen) atoms. The molecule has 0 unspecified atom stereocenters. The van der Waals surface area contributed by atoms with E-state index >= 15 is 0 Å². The molecule has 1 aliphatic heterocycles. The lowest BCUT2D eigenvalue weighted by molar-refractivity contribution is -0.140. The van der Waals surface area contributed by atoms with E-state index in [-0.39, 0.29) is 31.4 Å². The Bertz CT molecular complexity index is 1060. The van der Waals surface area contributed by atoms with E-state index in [1.165, 1.54) is 0 Å². The average Bonchev–Trinajstić information content (AvgIpc) is 3.15. The highest BCUT2D eigenvalue weighted by molar-refractivity contribution is 7.99. The van der Waals surface area contributed by atoms with Crippen molar-refractivity contribution < 1.29 is 24.2 Å². The van der Waals surface area contributed by atoms with E-state index in [9.17, 15) is 19.5 Å². The first kappa shape index (κ1) is 25.1. The minimum Gasteiger partial charge on any atom is -0.481 e. The third-order valence-corrected chi connectivity index (χ3v) is 7.94. The molecule has 0 bridgehead atoms. The lowest BCUT2D eigenvalue weighted by atomic mass is 9.85. The zero-order valence-electron chi connectivity index (χ0n) is 20.1. The molecule has 1 heterocycles. The number of hydrogen-bond donors (Lipinski definition) is 3. The van der Waals surface area contributed by atoms with Crippen molar-refractivity contribution >= 4 is 29.7 Å². The van der Waals surface area contributed by atoms with Gasteiger partial charge in [0.05, 0.1) is 17.4 Å². The van der Waals surface area contributed by atoms with Gasteiger partial charge in [0.1, 0.15) is 6.61 Å². The SMILES string of the molecule is CC(C)(CNC(=O)OCC1c2ccccc2-c2ccccc21)C(=O)NC1(CC(=O)O)CCSCC1. The topological polar surface area (TPSA) is 105 Å². The highest BCUT2D eigenvalue weighted by Crippen LogP contribution is 2.44. The van der Waals surface area contributed by atoms with Gasteiger partial charge in [-0.15, -0.1) is 0 Å². The number of carboxylic acids is 1. The summed E-state index contributed by atoms with van der Waals surface area (Å²) in [4.78, 5) is 37.0. The number of benzene rings is 2. The predicted octanol–water partition coefficient (Wildman–Crippen LogP) is 4.41. The minimum atomic E-state index is -0.929. The standard InChI is InChI=1S/C27H32N2O5S/c1-26(2,24(32)29-27(15-23(30)31)11-13-35-14-12-27)17-28-25(33)34-16-22-20-9-5-3-7-18(20)19-8-4-6-10-21(19)22/h3-10,22H,11-17H2,1-2H3,(H,28,33)(H,29,32)(H,30,31). The molecule has 1 aliphatic carbocycles. The summed E-state index contributed by atoms with van der Waals surface area (Å²) in [6.07, 6.45) is 0.550. The molecule has 2 aliphatic rings. The summed E-state index contributed by atoms with van der Waals surface area (Å²) >= 11 is 1.76. The molecular weight excluding hydrogens is 464 g/mol. The monoisotopic (exact) mass is 496 g/mol. The van der Waals surface area contributed by atoms with Gasteiger partial charge < -0.3 is 20.5 Å². The fraction of sp³-hybridized carbons (Fsp3) is 0.444. The van der Waals surface area contributed by atoms with Crippen LogP contribution in [-0.2, 0) is 14.3 Å². The van der Waals surface area contributed by atoms with Gasteiger partial charge in [-0.25, -0.2) is 4.79 Å². The molecule has 8 heteroatoms. The second-order valence-corrected chi connectivity index (χ2v) is 11.2. The van der Waals surface area contributed by atoms with Crippen molar-refractivity contribution in [2.45, 2.75) is 44.6 Å². The number of hydrogen-bond acceptors (Lipinski definition) is 5. The number of fused-ring (bicyclic) bond motifs is 3. The van der Waals surface area contributed by atoms with E-state index in [2.05, 4.69) is 34.9 Å². The van der Waals surface area contributed by atoms with Gasteiger partial charge in [0.2, 0.25) is 5.91 Å². The molecule has 186 valence electrons. The summed E-state index contributed by atoms with van der Waals surface area (Å²) in [5.41, 5.74) is 2.92. The maximum atomic E-state index is 13.1. The average molecular weight is 497 g/mol. The summed E-state index contributed by atoms with van der Waals surface area (Å²) in [6.45, 7) is 3.75. The first-order valence-electron chi connectivity index (χ1n) is 11.9. The molecule has 1 fully saturated rings. The summed E-state index contributed by atoms with van der Waals surface area (Å²) in [5.74, 6) is 0.388. The van der Waals surface area contributed by atoms with Crippen LogP contribution in [0, 0.1) is 5.41 Å². The highest BCUT2D eigenvalue weighted by atomic mass is 32.2. The van der Waals surface area contributed by atoms with Gasteiger partial charge in [-0.3, -0.25) is 9.59 Å². The summed E-state index contributed by atoms with van der Waals surface area (Å²) in [5, 5.41) is 15.1. The van der Waals surface area contributed by atoms with E-state index < -0.39 is 23.0 Å². The predicted molar refractivity (Wildman–Crippen MR) is 137 cm³/mol. The van der Waals surface area contributed by atoms with Crippen molar-refractivity contribution in [3.63, 3.8) is 0 Å². The molecule has 0 atom stereocenters. The molecule has 7 nitrogen and oxygen atoms in total. The Morgan fingerprint density at radius 1 is 1.03 bits per heavy atom. The van der Waals surface area contributed by atoms with E-state index in [4.69, 9.17) is 4.74 Å². The minimum absolute atomic E-state index is 0.0375. The molecule has 2 amide bonds. The zero-order chi connectivity index (χ0) is 25.1. The molecule has 2 aromatic carbocycles. The quantitative estimate of drug-likeness (QED) is 0.500. The van der Waals surface area contributed by atoms with Gasteiger partial charge in [0, 0.05) is 12.5 Å². The number of aliphatic carboxylic acids is 1. The number of ether oxygens (including phenoxy) is 1. The van der Waals surface area contributed by atoms with Gasteiger partial charge in [-0.2, -0.15) is 11.8 Å². The zero-order valence-corrected chi connectivity index (χ0v) is 21.0. The van der Waals surface area contributed by atoms with Crippen LogP contribution in [0.25, 0.3) is 11.1 Å². The van der Waals surface area contributed by atoms with Crippen molar-refractivity contribution in [3.8, 4) is 11.1 Å². The van der Waals surface area contributed by atoms with E-state index in [1.54, 1.807) is 25.6 Å². The van der Waals surface area contributed by atoms with E-state index in [1.807, 2.05) is 24.3 Å². The normalized spacial score (nSPS) is 16.6. The van der Waals surface area contributed by atoms with Gasteiger partial charge in [0.15, 0.2) is 0 Å². The lowest BCUT2D eigenvalue weighted by Crippen LogP contribution is -2.57. The molecular formula is C27H32N2O5S. The van der Waals surface area contributed by atoms with Crippen LogP contribution in [0.5, 0.6) is 0 Å². The molecule has 4 rings (SSSR count). The number of carbonyl (C=O) groups is 3. The molecule has 0 spiro atoms. The van der Waals surface area contributed by atoms with Crippen LogP contribution < -0.4 is 10.6 Å². The van der Waals surface area contributed by atoms with Gasteiger partial charge in [0.25, 0.3) is 0 Å². The summed E-state index contributed by atoms with van der Waals surface area (Å²) in [6, 6.07) is 16.3. The van der Waals surface area contributed by atoms with Crippen LogP contribution in [0.1, 0.15) is 50.2 Å². The van der Waals surface area contributed by atoms with Crippen molar-refractivity contribution in [2.75, 3.05) is 24.7 Å². The number of carbonyl (C=O) groups excluding carboxylic acids is 2. The van der Waals surface area contributed by atoms with Gasteiger partial charge >= 0.3 is 12.1 Å². The molecule has 2 aromatic rings.